The molecule has 0 fully saturated rings. The van der Waals surface area contributed by atoms with Crippen LogP contribution in [0, 0.1) is 12.3 Å². The number of aromatic amines is 1. The first-order valence-electron chi connectivity index (χ1n) is 13.5. The van der Waals surface area contributed by atoms with Crippen LogP contribution in [0.1, 0.15) is 58.3 Å². The van der Waals surface area contributed by atoms with Gasteiger partial charge in [-0.15, -0.1) is 11.3 Å². The Labute approximate surface area is 260 Å². The first-order chi connectivity index (χ1) is 20.8. The number of thiazole rings is 1. The molecule has 0 aliphatic heterocycles. The molecule has 3 heterocycles. The van der Waals surface area contributed by atoms with E-state index in [2.05, 4.69) is 31.1 Å². The third kappa shape index (κ3) is 8.26. The lowest BCUT2D eigenvalue weighted by Crippen LogP contribution is -2.50. The highest BCUT2D eigenvalue weighted by atomic mass is 32.1. The lowest BCUT2D eigenvalue weighted by atomic mass is 9.97. The van der Waals surface area contributed by atoms with Crippen LogP contribution in [0.25, 0.3) is 10.9 Å². The molecule has 4 aromatic rings. The van der Waals surface area contributed by atoms with Gasteiger partial charge in [0.2, 0.25) is 12.2 Å². The summed E-state index contributed by atoms with van der Waals surface area (Å²) >= 11 is 2.15. The van der Waals surface area contributed by atoms with Gasteiger partial charge in [0.25, 0.3) is 11.8 Å². The monoisotopic (exact) mass is 640 g/mol. The minimum atomic E-state index is -1.34. The van der Waals surface area contributed by atoms with Crippen LogP contribution < -0.4 is 16.0 Å². The number of esters is 2. The summed E-state index contributed by atoms with van der Waals surface area (Å²) in [6.45, 7) is 7.62. The van der Waals surface area contributed by atoms with Gasteiger partial charge in [0.05, 0.1) is 34.1 Å². The van der Waals surface area contributed by atoms with Crippen molar-refractivity contribution in [1.82, 2.24) is 25.8 Å². The van der Waals surface area contributed by atoms with Gasteiger partial charge in [-0.2, -0.15) is 5.10 Å². The molecule has 0 bridgehead atoms. The van der Waals surface area contributed by atoms with Crippen molar-refractivity contribution in [3.63, 3.8) is 0 Å². The van der Waals surface area contributed by atoms with Gasteiger partial charge in [-0.05, 0) is 50.8 Å². The molecule has 0 saturated carbocycles. The lowest BCUT2D eigenvalue weighted by molar-refractivity contribution is -0.191. The number of aryl methyl sites for hydroxylation is 1. The molecule has 0 radical (unpaired) electrons. The summed E-state index contributed by atoms with van der Waals surface area (Å²) in [6, 6.07) is 7.49. The predicted octanol–water partition coefficient (Wildman–Crippen LogP) is 3.58. The minimum Gasteiger partial charge on any atom is -0.425 e. The molecule has 3 aromatic heterocycles. The number of anilines is 1. The Morgan fingerprint density at radius 3 is 2.52 bits per heavy atom. The highest BCUT2D eigenvalue weighted by molar-refractivity contribution is 7.17. The number of amides is 3. The van der Waals surface area contributed by atoms with Crippen molar-refractivity contribution >= 4 is 68.4 Å². The number of hydrogen-bond donors (Lipinski definition) is 4. The SMILES string of the molecule is Cc1nc(NC(=O)Cc2cccc3[nH]ncc23)sc1C(=O)N[C@@H](CNC(=O)c1cccs1)C(=O)OC(C)OC(=O)C(C)(C)C. The number of fused-ring (bicyclic) bond motifs is 1. The van der Waals surface area contributed by atoms with E-state index in [1.807, 2.05) is 18.2 Å². The maximum atomic E-state index is 13.3. The Morgan fingerprint density at radius 2 is 1.82 bits per heavy atom. The fraction of sp³-hybridized carbons (Fsp3) is 0.345. The van der Waals surface area contributed by atoms with Crippen LogP contribution in [0.2, 0.25) is 0 Å². The van der Waals surface area contributed by atoms with Gasteiger partial charge < -0.3 is 25.4 Å². The minimum absolute atomic E-state index is 0.0624. The first-order valence-corrected chi connectivity index (χ1v) is 15.2. The second kappa shape index (κ2) is 13.8. The molecular formula is C29H32N6O7S2. The molecule has 1 unspecified atom stereocenters. The average Bonchev–Trinajstić information content (AvgIpc) is 3.71. The number of carbonyl (C=O) groups excluding carboxylic acids is 5. The molecule has 2 atom stereocenters. The van der Waals surface area contributed by atoms with E-state index in [-0.39, 0.29) is 28.9 Å². The summed E-state index contributed by atoms with van der Waals surface area (Å²) in [6.07, 6.45) is 0.460. The van der Waals surface area contributed by atoms with Crippen molar-refractivity contribution in [1.29, 1.82) is 0 Å². The number of nitrogens with one attached hydrogen (secondary N) is 4. The largest absolute Gasteiger partial charge is 0.425 e. The van der Waals surface area contributed by atoms with Crippen molar-refractivity contribution in [2.24, 2.45) is 5.41 Å². The topological polar surface area (TPSA) is 181 Å². The van der Waals surface area contributed by atoms with Crippen LogP contribution >= 0.6 is 22.7 Å². The van der Waals surface area contributed by atoms with Gasteiger partial charge in [0, 0.05) is 18.9 Å². The maximum absolute atomic E-state index is 13.3. The Morgan fingerprint density at radius 1 is 1.05 bits per heavy atom. The average molecular weight is 641 g/mol. The van der Waals surface area contributed by atoms with E-state index in [0.29, 0.717) is 10.6 Å². The van der Waals surface area contributed by atoms with E-state index in [9.17, 15) is 24.0 Å². The summed E-state index contributed by atoms with van der Waals surface area (Å²) < 4.78 is 10.5. The van der Waals surface area contributed by atoms with Gasteiger partial charge >= 0.3 is 11.9 Å². The van der Waals surface area contributed by atoms with Crippen molar-refractivity contribution in [3.8, 4) is 0 Å². The normalized spacial score (nSPS) is 12.7. The van der Waals surface area contributed by atoms with Crippen LogP contribution in [-0.4, -0.2) is 63.7 Å². The van der Waals surface area contributed by atoms with Crippen LogP contribution in [0.3, 0.4) is 0 Å². The number of nitrogens with zero attached hydrogens (tertiary/aromatic N) is 2. The summed E-state index contributed by atoms with van der Waals surface area (Å²) in [5.74, 6) is -2.96. The van der Waals surface area contributed by atoms with E-state index in [1.54, 1.807) is 51.4 Å². The number of carbonyl (C=O) groups is 5. The molecule has 4 rings (SSSR count). The van der Waals surface area contributed by atoms with E-state index >= 15 is 0 Å². The number of thiophene rings is 1. The number of ether oxygens (including phenoxy) is 2. The number of rotatable bonds is 11. The van der Waals surface area contributed by atoms with Gasteiger partial charge in [-0.25, -0.2) is 9.78 Å². The maximum Gasteiger partial charge on any atom is 0.333 e. The number of benzene rings is 1. The van der Waals surface area contributed by atoms with Crippen LogP contribution in [0.5, 0.6) is 0 Å². The third-order valence-electron chi connectivity index (χ3n) is 6.14. The molecule has 15 heteroatoms. The fourth-order valence-corrected chi connectivity index (χ4v) is 5.41. The number of hydrogen-bond acceptors (Lipinski definition) is 11. The fourth-order valence-electron chi connectivity index (χ4n) is 3.88. The summed E-state index contributed by atoms with van der Waals surface area (Å²) in [5, 5.41) is 17.5. The predicted molar refractivity (Wildman–Crippen MR) is 164 cm³/mol. The smallest absolute Gasteiger partial charge is 0.333 e. The third-order valence-corrected chi connectivity index (χ3v) is 8.08. The number of H-pyrrole nitrogens is 1. The highest BCUT2D eigenvalue weighted by Gasteiger charge is 2.30. The van der Waals surface area contributed by atoms with E-state index < -0.39 is 41.5 Å². The van der Waals surface area contributed by atoms with Crippen molar-refractivity contribution in [2.45, 2.75) is 53.4 Å². The number of aromatic nitrogens is 3. The molecule has 13 nitrogen and oxygen atoms in total. The van der Waals surface area contributed by atoms with Crippen LogP contribution in [-0.2, 0) is 30.3 Å². The summed E-state index contributed by atoms with van der Waals surface area (Å²) in [4.78, 5) is 68.8. The molecule has 3 amide bonds. The Balaban J connectivity index is 1.43. The zero-order valence-corrected chi connectivity index (χ0v) is 26.3. The van der Waals surface area contributed by atoms with E-state index in [0.717, 1.165) is 27.8 Å². The van der Waals surface area contributed by atoms with E-state index in [4.69, 9.17) is 9.47 Å². The molecule has 4 N–H and O–H groups in total. The van der Waals surface area contributed by atoms with E-state index in [1.165, 1.54) is 18.3 Å². The standard InChI is InChI=1S/C29H32N6O7S2/c1-15-23(44-28(32-15)34-22(36)12-17-8-6-9-19-18(17)13-31-35-19)25(38)33-20(14-30-24(37)21-10-7-11-43-21)26(39)41-16(2)42-27(40)29(3,4)5/h6-11,13,16,20H,12,14H2,1-5H3,(H,30,37)(H,31,35)(H,33,38)(H,32,34,36)/t16?,20-/m0/s1. The van der Waals surface area contributed by atoms with Crippen LogP contribution in [0.4, 0.5) is 5.13 Å². The van der Waals surface area contributed by atoms with Gasteiger partial charge in [0.1, 0.15) is 10.9 Å². The molecule has 0 aliphatic carbocycles. The quantitative estimate of drug-likeness (QED) is 0.141. The zero-order chi connectivity index (χ0) is 32.0. The highest BCUT2D eigenvalue weighted by Crippen LogP contribution is 2.24. The molecule has 0 saturated heterocycles. The molecular weight excluding hydrogens is 608 g/mol. The molecule has 0 spiro atoms. The lowest BCUT2D eigenvalue weighted by Gasteiger charge is -2.23. The Hall–Kier alpha value is -4.63. The molecule has 44 heavy (non-hydrogen) atoms. The molecule has 232 valence electrons. The Bertz CT molecular complexity index is 1670. The second-order valence-corrected chi connectivity index (χ2v) is 12.7. The first kappa shape index (κ1) is 32.3. The van der Waals surface area contributed by atoms with Gasteiger partial charge in [-0.1, -0.05) is 29.5 Å². The van der Waals surface area contributed by atoms with Gasteiger partial charge in [0.15, 0.2) is 5.13 Å². The zero-order valence-electron chi connectivity index (χ0n) is 24.7. The van der Waals surface area contributed by atoms with Gasteiger partial charge in [-0.3, -0.25) is 24.3 Å². The summed E-state index contributed by atoms with van der Waals surface area (Å²) in [5.41, 5.74) is 1.07. The van der Waals surface area contributed by atoms with Crippen molar-refractivity contribution in [2.75, 3.05) is 11.9 Å². The van der Waals surface area contributed by atoms with Crippen molar-refractivity contribution < 1.29 is 33.4 Å². The molecule has 1 aromatic carbocycles. The van der Waals surface area contributed by atoms with Crippen LogP contribution in [0.15, 0.2) is 41.9 Å². The summed E-state index contributed by atoms with van der Waals surface area (Å²) in [7, 11) is 0. The second-order valence-electron chi connectivity index (χ2n) is 10.8. The molecule has 0 aliphatic rings. The van der Waals surface area contributed by atoms with Crippen molar-refractivity contribution in [3.05, 3.63) is 62.9 Å². The Kier molecular flexibility index (Phi) is 10.1.